The molecule has 16 heavy (non-hydrogen) atoms. The van der Waals surface area contributed by atoms with Crippen LogP contribution in [0.2, 0.25) is 0 Å². The third-order valence-corrected chi connectivity index (χ3v) is 4.88. The molecular weight excluding hydrogens is 222 g/mol. The minimum Gasteiger partial charge on any atom is -0.387 e. The summed E-state index contributed by atoms with van der Waals surface area (Å²) < 4.78 is 0. The smallest absolute Gasteiger partial charge is 0.223 e. The molecule has 4 heteroatoms. The summed E-state index contributed by atoms with van der Waals surface area (Å²) in [6.45, 7) is 0.440. The van der Waals surface area contributed by atoms with Gasteiger partial charge in [0, 0.05) is 18.2 Å². The number of amides is 1. The zero-order valence-corrected chi connectivity index (χ0v) is 10.5. The fourth-order valence-electron chi connectivity index (χ4n) is 2.50. The van der Waals surface area contributed by atoms with Crippen molar-refractivity contribution in [2.45, 2.75) is 44.1 Å². The average molecular weight is 243 g/mol. The Balaban J connectivity index is 1.74. The second-order valence-corrected chi connectivity index (χ2v) is 6.18. The SMILES string of the molecule is O=C(NCC1(O)CCSC1)C1CCCCC1. The molecule has 1 saturated carbocycles. The summed E-state index contributed by atoms with van der Waals surface area (Å²) in [5.41, 5.74) is -0.644. The fourth-order valence-corrected chi connectivity index (χ4v) is 3.79. The van der Waals surface area contributed by atoms with Gasteiger partial charge in [0.05, 0.1) is 5.60 Å². The maximum absolute atomic E-state index is 11.9. The minimum atomic E-state index is -0.644. The van der Waals surface area contributed by atoms with Crippen LogP contribution in [0.4, 0.5) is 0 Å². The highest BCUT2D eigenvalue weighted by Crippen LogP contribution is 2.28. The number of nitrogens with one attached hydrogen (secondary N) is 1. The molecule has 2 N–H and O–H groups in total. The van der Waals surface area contributed by atoms with E-state index in [1.807, 2.05) is 0 Å². The van der Waals surface area contributed by atoms with Crippen molar-refractivity contribution in [3.8, 4) is 0 Å². The van der Waals surface area contributed by atoms with Gasteiger partial charge in [0.15, 0.2) is 0 Å². The summed E-state index contributed by atoms with van der Waals surface area (Å²) in [6.07, 6.45) is 6.49. The van der Waals surface area contributed by atoms with Crippen LogP contribution in [0.5, 0.6) is 0 Å². The van der Waals surface area contributed by atoms with Crippen molar-refractivity contribution in [3.05, 3.63) is 0 Å². The van der Waals surface area contributed by atoms with Crippen LogP contribution in [-0.2, 0) is 4.79 Å². The second-order valence-electron chi connectivity index (χ2n) is 5.08. The van der Waals surface area contributed by atoms with Gasteiger partial charge in [-0.05, 0) is 25.0 Å². The van der Waals surface area contributed by atoms with Gasteiger partial charge in [0.25, 0.3) is 0 Å². The second kappa shape index (κ2) is 5.41. The first-order valence-electron chi connectivity index (χ1n) is 6.27. The first kappa shape index (κ1) is 12.2. The summed E-state index contributed by atoms with van der Waals surface area (Å²) in [5.74, 6) is 2.13. The largest absolute Gasteiger partial charge is 0.387 e. The predicted octanol–water partition coefficient (Wildman–Crippen LogP) is 1.55. The quantitative estimate of drug-likeness (QED) is 0.790. The summed E-state index contributed by atoms with van der Waals surface area (Å²) in [5, 5.41) is 13.0. The molecule has 1 atom stereocenters. The maximum atomic E-state index is 11.9. The molecule has 1 aliphatic heterocycles. The van der Waals surface area contributed by atoms with Crippen LogP contribution in [0.25, 0.3) is 0 Å². The fraction of sp³-hybridized carbons (Fsp3) is 0.917. The average Bonchev–Trinajstić information content (AvgIpc) is 2.75. The van der Waals surface area contributed by atoms with Crippen LogP contribution < -0.4 is 5.32 Å². The molecule has 1 heterocycles. The van der Waals surface area contributed by atoms with Crippen LogP contribution in [0, 0.1) is 5.92 Å². The molecule has 1 aliphatic carbocycles. The van der Waals surface area contributed by atoms with Gasteiger partial charge in [0.1, 0.15) is 0 Å². The number of carbonyl (C=O) groups excluding carboxylic acids is 1. The van der Waals surface area contributed by atoms with E-state index in [2.05, 4.69) is 5.32 Å². The summed E-state index contributed by atoms with van der Waals surface area (Å²) in [7, 11) is 0. The Kier molecular flexibility index (Phi) is 4.14. The Morgan fingerprint density at radius 1 is 1.38 bits per heavy atom. The molecule has 0 aromatic rings. The zero-order chi connectivity index (χ0) is 11.4. The molecule has 0 aromatic carbocycles. The van der Waals surface area contributed by atoms with Gasteiger partial charge in [0.2, 0.25) is 5.91 Å². The van der Waals surface area contributed by atoms with Gasteiger partial charge in [-0.2, -0.15) is 11.8 Å². The van der Waals surface area contributed by atoms with Crippen molar-refractivity contribution in [3.63, 3.8) is 0 Å². The Morgan fingerprint density at radius 3 is 2.75 bits per heavy atom. The molecule has 0 spiro atoms. The van der Waals surface area contributed by atoms with E-state index >= 15 is 0 Å². The Labute approximate surface area is 101 Å². The van der Waals surface area contributed by atoms with Crippen molar-refractivity contribution in [1.82, 2.24) is 5.32 Å². The lowest BCUT2D eigenvalue weighted by Gasteiger charge is -2.25. The van der Waals surface area contributed by atoms with E-state index in [0.717, 1.165) is 30.8 Å². The predicted molar refractivity (Wildman–Crippen MR) is 66.5 cm³/mol. The molecule has 0 radical (unpaired) electrons. The van der Waals surface area contributed by atoms with E-state index in [4.69, 9.17) is 0 Å². The molecule has 0 aromatic heterocycles. The van der Waals surface area contributed by atoms with Crippen molar-refractivity contribution in [2.24, 2.45) is 5.92 Å². The van der Waals surface area contributed by atoms with E-state index in [-0.39, 0.29) is 11.8 Å². The van der Waals surface area contributed by atoms with Crippen LogP contribution in [-0.4, -0.2) is 34.7 Å². The molecule has 2 fully saturated rings. The number of hydrogen-bond acceptors (Lipinski definition) is 3. The first-order valence-corrected chi connectivity index (χ1v) is 7.43. The summed E-state index contributed by atoms with van der Waals surface area (Å²) >= 11 is 1.77. The summed E-state index contributed by atoms with van der Waals surface area (Å²) in [4.78, 5) is 11.9. The topological polar surface area (TPSA) is 49.3 Å². The molecule has 92 valence electrons. The zero-order valence-electron chi connectivity index (χ0n) is 9.71. The van der Waals surface area contributed by atoms with E-state index in [0.29, 0.717) is 6.54 Å². The Bertz CT molecular complexity index is 245. The van der Waals surface area contributed by atoms with Crippen LogP contribution in [0.1, 0.15) is 38.5 Å². The molecule has 1 saturated heterocycles. The highest BCUT2D eigenvalue weighted by molar-refractivity contribution is 7.99. The van der Waals surface area contributed by atoms with E-state index in [9.17, 15) is 9.90 Å². The number of carbonyl (C=O) groups is 1. The van der Waals surface area contributed by atoms with Gasteiger partial charge in [-0.3, -0.25) is 4.79 Å². The van der Waals surface area contributed by atoms with Crippen molar-refractivity contribution < 1.29 is 9.90 Å². The monoisotopic (exact) mass is 243 g/mol. The third kappa shape index (κ3) is 3.14. The van der Waals surface area contributed by atoms with Crippen molar-refractivity contribution in [1.29, 1.82) is 0 Å². The number of hydrogen-bond donors (Lipinski definition) is 2. The first-order chi connectivity index (χ1) is 7.70. The van der Waals surface area contributed by atoms with Gasteiger partial charge < -0.3 is 10.4 Å². The molecule has 3 nitrogen and oxygen atoms in total. The van der Waals surface area contributed by atoms with E-state index in [1.54, 1.807) is 11.8 Å². The van der Waals surface area contributed by atoms with E-state index < -0.39 is 5.60 Å². The molecule has 1 unspecified atom stereocenters. The standard InChI is InChI=1S/C12H21NO2S/c14-11(10-4-2-1-3-5-10)13-8-12(15)6-7-16-9-12/h10,15H,1-9H2,(H,13,14). The highest BCUT2D eigenvalue weighted by Gasteiger charge is 2.32. The third-order valence-electron chi connectivity index (χ3n) is 3.65. The molecule has 2 aliphatic rings. The van der Waals surface area contributed by atoms with Gasteiger partial charge in [-0.15, -0.1) is 0 Å². The van der Waals surface area contributed by atoms with Gasteiger partial charge >= 0.3 is 0 Å². The van der Waals surface area contributed by atoms with Crippen LogP contribution in [0.15, 0.2) is 0 Å². The molecule has 1 amide bonds. The number of aliphatic hydroxyl groups is 1. The van der Waals surface area contributed by atoms with E-state index in [1.165, 1.54) is 19.3 Å². The Morgan fingerprint density at radius 2 is 2.12 bits per heavy atom. The molecule has 2 rings (SSSR count). The minimum absolute atomic E-state index is 0.157. The molecular formula is C12H21NO2S. The Hall–Kier alpha value is -0.220. The maximum Gasteiger partial charge on any atom is 0.223 e. The molecule has 0 bridgehead atoms. The summed E-state index contributed by atoms with van der Waals surface area (Å²) in [6, 6.07) is 0. The van der Waals surface area contributed by atoms with Crippen molar-refractivity contribution >= 4 is 17.7 Å². The lowest BCUT2D eigenvalue weighted by molar-refractivity contribution is -0.127. The lowest BCUT2D eigenvalue weighted by Crippen LogP contribution is -2.45. The number of thioether (sulfide) groups is 1. The van der Waals surface area contributed by atoms with Crippen LogP contribution in [0.3, 0.4) is 0 Å². The normalized spacial score (nSPS) is 31.6. The van der Waals surface area contributed by atoms with Crippen molar-refractivity contribution in [2.75, 3.05) is 18.1 Å². The number of rotatable bonds is 3. The van der Waals surface area contributed by atoms with Gasteiger partial charge in [-0.25, -0.2) is 0 Å². The van der Waals surface area contributed by atoms with Gasteiger partial charge in [-0.1, -0.05) is 19.3 Å². The van der Waals surface area contributed by atoms with Crippen LogP contribution >= 0.6 is 11.8 Å². The highest BCUT2D eigenvalue weighted by atomic mass is 32.2. The lowest BCUT2D eigenvalue weighted by atomic mass is 9.88.